The summed E-state index contributed by atoms with van der Waals surface area (Å²) in [5.41, 5.74) is 0.350. The molecule has 0 atom stereocenters. The van der Waals surface area contributed by atoms with Crippen molar-refractivity contribution in [1.29, 1.82) is 0 Å². The van der Waals surface area contributed by atoms with E-state index in [1.165, 1.54) is 24.3 Å². The van der Waals surface area contributed by atoms with E-state index < -0.39 is 90.7 Å². The van der Waals surface area contributed by atoms with Crippen LogP contribution in [0.5, 0.6) is 69.0 Å². The summed E-state index contributed by atoms with van der Waals surface area (Å²) in [7, 11) is 0. The molecule has 0 fully saturated rings. The predicted octanol–water partition coefficient (Wildman–Crippen LogP) is 10.2. The Labute approximate surface area is 419 Å². The van der Waals surface area contributed by atoms with Crippen LogP contribution in [-0.4, -0.2) is 61.3 Å². The second kappa shape index (κ2) is 13.0. The summed E-state index contributed by atoms with van der Waals surface area (Å²) in [5.74, 6) is -5.51. The van der Waals surface area contributed by atoms with Gasteiger partial charge >= 0.3 is 0 Å². The highest BCUT2D eigenvalue weighted by atomic mass is 16.3. The molecule has 0 heterocycles. The monoisotopic (exact) mass is 1010 g/mol. The number of fused-ring (bicyclic) bond motifs is 4. The lowest BCUT2D eigenvalue weighted by molar-refractivity contribution is 0.450. The van der Waals surface area contributed by atoms with Gasteiger partial charge in [-0.1, -0.05) is 0 Å². The smallest absolute Gasteiger partial charge is 0.190 e. The Morgan fingerprint density at radius 3 is 0.513 bits per heavy atom. The molecule has 0 bridgehead atoms. The molecule has 0 radical (unpaired) electrons. The highest BCUT2D eigenvalue weighted by Crippen LogP contribution is 2.62. The Kier molecular flexibility index (Phi) is 7.38. The largest absolute Gasteiger partial charge is 0.507 e. The molecule has 0 aliphatic carbocycles. The van der Waals surface area contributed by atoms with Gasteiger partial charge in [-0.25, -0.2) is 0 Å². The molecule has 12 N–H and O–H groups in total. The first-order valence-corrected chi connectivity index (χ1v) is 23.6. The summed E-state index contributed by atoms with van der Waals surface area (Å²) in [6.45, 7) is 6.94. The first kappa shape index (κ1) is 43.1. The van der Waals surface area contributed by atoms with E-state index in [0.29, 0.717) is 86.9 Å². The first-order chi connectivity index (χ1) is 36.1. The SMILES string of the molecule is Cc1cc(=O)c2c(O)c3c(O)cc(O)c4c5c(O)cc(O)c6c(O)c7c(=O)cc(C)c8c1c2c(c34)c(c65)c78.Cc1cc(=O)c2c(O)c3c(O)cc(O)c4c5c(O)cc(O)c6c(O)c7c(=O)cc(C)c8c1c2c(c34)c(c65)c78. The summed E-state index contributed by atoms with van der Waals surface area (Å²) in [6, 6.07) is 9.54. The molecule has 16 heteroatoms. The van der Waals surface area contributed by atoms with E-state index in [1.807, 2.05) is 0 Å². The van der Waals surface area contributed by atoms with E-state index in [1.54, 1.807) is 27.7 Å². The van der Waals surface area contributed by atoms with Crippen LogP contribution in [0.4, 0.5) is 0 Å². The zero-order chi connectivity index (χ0) is 53.4. The van der Waals surface area contributed by atoms with Crippen LogP contribution in [0.25, 0.3) is 151 Å². The van der Waals surface area contributed by atoms with Crippen LogP contribution in [0.15, 0.2) is 67.7 Å². The molecule has 0 saturated heterocycles. The van der Waals surface area contributed by atoms with Crippen LogP contribution in [0.1, 0.15) is 22.3 Å². The van der Waals surface area contributed by atoms with Gasteiger partial charge in [-0.15, -0.1) is 0 Å². The average molecular weight is 1010 g/mol. The molecular formula is C60H32O16. The standard InChI is InChI=1S/2C30H16O8/c2*1-7-3-9(31)19-23-15(7)16-8(2)4-10(32)20-24(16)28-26-18(12(34)6-14(36)22(26)30(20)38)17-11(33)5-13(35)21(29(19)37)25(17)27(23)28/h2*3-6,33-38H,1-2H3. The summed E-state index contributed by atoms with van der Waals surface area (Å²) >= 11 is 0. The number of hydrogen-bond donors (Lipinski definition) is 12. The van der Waals surface area contributed by atoms with Gasteiger partial charge in [0.2, 0.25) is 0 Å². The molecule has 0 spiro atoms. The van der Waals surface area contributed by atoms with Crippen molar-refractivity contribution in [2.75, 3.05) is 0 Å². The van der Waals surface area contributed by atoms with Crippen LogP contribution in [0.3, 0.4) is 0 Å². The summed E-state index contributed by atoms with van der Waals surface area (Å²) in [5, 5.41) is 139. The van der Waals surface area contributed by atoms with Gasteiger partial charge in [-0.2, -0.15) is 0 Å². The van der Waals surface area contributed by atoms with Gasteiger partial charge in [0.05, 0.1) is 43.1 Å². The van der Waals surface area contributed by atoms with Crippen molar-refractivity contribution >= 4 is 151 Å². The van der Waals surface area contributed by atoms with Crippen molar-refractivity contribution in [1.82, 2.24) is 0 Å². The van der Waals surface area contributed by atoms with Crippen molar-refractivity contribution < 1.29 is 61.3 Å². The minimum atomic E-state index is -0.483. The lowest BCUT2D eigenvalue weighted by Crippen LogP contribution is -2.08. The van der Waals surface area contributed by atoms with Crippen molar-refractivity contribution in [3.05, 3.63) is 112 Å². The van der Waals surface area contributed by atoms with E-state index in [-0.39, 0.29) is 86.2 Å². The van der Waals surface area contributed by atoms with E-state index in [4.69, 9.17) is 0 Å². The van der Waals surface area contributed by atoms with Crippen LogP contribution < -0.4 is 21.7 Å². The fourth-order valence-corrected chi connectivity index (χ4v) is 14.0. The predicted molar refractivity (Wildman–Crippen MR) is 291 cm³/mol. The molecule has 16 aromatic rings. The number of rotatable bonds is 0. The summed E-state index contributed by atoms with van der Waals surface area (Å²) < 4.78 is 0. The molecule has 0 amide bonds. The number of phenolic OH excluding ortho intramolecular Hbond substituents is 12. The second-order valence-electron chi connectivity index (χ2n) is 20.3. The van der Waals surface area contributed by atoms with Gasteiger partial charge in [0, 0.05) is 110 Å². The molecule has 76 heavy (non-hydrogen) atoms. The average Bonchev–Trinajstić information content (AvgIpc) is 3.01. The fourth-order valence-electron chi connectivity index (χ4n) is 14.0. The van der Waals surface area contributed by atoms with Gasteiger partial charge in [-0.3, -0.25) is 19.2 Å². The van der Waals surface area contributed by atoms with Crippen molar-refractivity contribution in [3.63, 3.8) is 0 Å². The minimum Gasteiger partial charge on any atom is -0.507 e. The van der Waals surface area contributed by atoms with Crippen LogP contribution in [0, 0.1) is 27.7 Å². The zero-order valence-corrected chi connectivity index (χ0v) is 39.6. The fraction of sp³-hybridized carbons (Fsp3) is 0.0667. The molecule has 16 aromatic carbocycles. The topological polar surface area (TPSA) is 311 Å². The molecule has 0 aliphatic heterocycles. The maximum atomic E-state index is 13.4. The summed E-state index contributed by atoms with van der Waals surface area (Å²) in [4.78, 5) is 53.4. The van der Waals surface area contributed by atoms with Gasteiger partial charge in [-0.05, 0) is 95.8 Å². The van der Waals surface area contributed by atoms with E-state index >= 15 is 0 Å². The molecule has 16 rings (SSSR count). The van der Waals surface area contributed by atoms with Crippen molar-refractivity contribution in [2.45, 2.75) is 27.7 Å². The molecular weight excluding hydrogens is 977 g/mol. The minimum absolute atomic E-state index is 0.0431. The Balaban J connectivity index is 0.000000133. The molecule has 0 saturated carbocycles. The quantitative estimate of drug-likeness (QED) is 0.0496. The number of benzene rings is 16. The number of aryl methyl sites for hydroxylation is 4. The lowest BCUT2D eigenvalue weighted by atomic mass is 9.78. The Morgan fingerprint density at radius 2 is 0.329 bits per heavy atom. The maximum absolute atomic E-state index is 13.4. The Morgan fingerprint density at radius 1 is 0.184 bits per heavy atom. The highest BCUT2D eigenvalue weighted by molar-refractivity contribution is 6.54. The Bertz CT molecular complexity index is 5030. The molecule has 16 nitrogen and oxygen atoms in total. The maximum Gasteiger partial charge on any atom is 0.190 e. The Hall–Kier alpha value is -10.5. The zero-order valence-electron chi connectivity index (χ0n) is 39.6. The molecule has 0 unspecified atom stereocenters. The van der Waals surface area contributed by atoms with Gasteiger partial charge in [0.25, 0.3) is 0 Å². The molecule has 368 valence electrons. The summed E-state index contributed by atoms with van der Waals surface area (Å²) in [6.07, 6.45) is 0. The molecule has 0 aliphatic rings. The van der Waals surface area contributed by atoms with E-state index in [0.717, 1.165) is 24.3 Å². The third kappa shape index (κ3) is 4.40. The van der Waals surface area contributed by atoms with Crippen LogP contribution >= 0.6 is 0 Å². The number of aromatic hydroxyl groups is 12. The third-order valence-corrected chi connectivity index (χ3v) is 16.5. The molecule has 0 aromatic heterocycles. The first-order valence-electron chi connectivity index (χ1n) is 23.6. The van der Waals surface area contributed by atoms with Crippen LogP contribution in [0.2, 0.25) is 0 Å². The van der Waals surface area contributed by atoms with Gasteiger partial charge in [0.15, 0.2) is 21.7 Å². The third-order valence-electron chi connectivity index (χ3n) is 16.5. The van der Waals surface area contributed by atoms with Gasteiger partial charge < -0.3 is 61.3 Å². The van der Waals surface area contributed by atoms with Crippen molar-refractivity contribution in [2.24, 2.45) is 0 Å². The van der Waals surface area contributed by atoms with E-state index in [2.05, 4.69) is 0 Å². The second-order valence-corrected chi connectivity index (χ2v) is 20.3. The highest BCUT2D eigenvalue weighted by Gasteiger charge is 2.36. The normalized spacial score (nSPS) is 12.8. The number of hydrogen-bond acceptors (Lipinski definition) is 16. The van der Waals surface area contributed by atoms with Gasteiger partial charge in [0.1, 0.15) is 69.0 Å². The van der Waals surface area contributed by atoms with E-state index in [9.17, 15) is 80.5 Å². The van der Waals surface area contributed by atoms with Crippen molar-refractivity contribution in [3.8, 4) is 69.0 Å². The number of phenols is 12. The lowest BCUT2D eigenvalue weighted by Gasteiger charge is -2.25. The van der Waals surface area contributed by atoms with Crippen LogP contribution in [-0.2, 0) is 0 Å².